The third-order valence-corrected chi connectivity index (χ3v) is 5.80. The van der Waals surface area contributed by atoms with Crippen LogP contribution in [0.25, 0.3) is 11.1 Å². The summed E-state index contributed by atoms with van der Waals surface area (Å²) in [5.41, 5.74) is 4.56. The van der Waals surface area contributed by atoms with Crippen LogP contribution < -0.4 is 10.6 Å². The second-order valence-electron chi connectivity index (χ2n) is 8.03. The van der Waals surface area contributed by atoms with Crippen molar-refractivity contribution in [2.24, 2.45) is 0 Å². The van der Waals surface area contributed by atoms with E-state index >= 15 is 0 Å². The highest BCUT2D eigenvalue weighted by atomic mass is 16.5. The van der Waals surface area contributed by atoms with E-state index in [1.165, 1.54) is 0 Å². The summed E-state index contributed by atoms with van der Waals surface area (Å²) in [7, 11) is 0. The van der Waals surface area contributed by atoms with Crippen LogP contribution in [0.2, 0.25) is 0 Å². The number of hydrogen-bond acceptors (Lipinski definition) is 4. The molecular weight excluding hydrogens is 408 g/mol. The molecule has 3 rings (SSSR count). The molecule has 2 amide bonds. The fourth-order valence-electron chi connectivity index (χ4n) is 4.13. The Kier molecular flexibility index (Phi) is 7.87. The van der Waals surface area contributed by atoms with Gasteiger partial charge in [0, 0.05) is 18.4 Å². The molecule has 1 aliphatic carbocycles. The van der Waals surface area contributed by atoms with E-state index in [9.17, 15) is 19.5 Å². The zero-order valence-electron chi connectivity index (χ0n) is 18.5. The first-order chi connectivity index (χ1) is 15.4. The summed E-state index contributed by atoms with van der Waals surface area (Å²) >= 11 is 0. The second kappa shape index (κ2) is 10.8. The summed E-state index contributed by atoms with van der Waals surface area (Å²) in [6.07, 6.45) is 0.927. The van der Waals surface area contributed by atoms with Crippen LogP contribution in [0, 0.1) is 0 Å². The van der Waals surface area contributed by atoms with E-state index in [-0.39, 0.29) is 18.9 Å². The minimum Gasteiger partial charge on any atom is -0.480 e. The van der Waals surface area contributed by atoms with Crippen molar-refractivity contribution < 1.29 is 24.2 Å². The first kappa shape index (κ1) is 23.3. The van der Waals surface area contributed by atoms with Gasteiger partial charge >= 0.3 is 12.1 Å². The predicted octanol–water partition coefficient (Wildman–Crippen LogP) is 4.06. The number of benzene rings is 2. The number of rotatable bonds is 10. The number of carbonyl (C=O) groups excluding carboxylic acids is 2. The molecule has 2 aromatic rings. The molecular formula is C25H30N2O5. The van der Waals surface area contributed by atoms with Crippen LogP contribution in [0.1, 0.15) is 56.6 Å². The maximum Gasteiger partial charge on any atom is 0.407 e. The van der Waals surface area contributed by atoms with Crippen molar-refractivity contribution in [3.63, 3.8) is 0 Å². The van der Waals surface area contributed by atoms with Crippen molar-refractivity contribution in [2.45, 2.75) is 57.5 Å². The van der Waals surface area contributed by atoms with Crippen molar-refractivity contribution in [1.82, 2.24) is 10.6 Å². The van der Waals surface area contributed by atoms with Gasteiger partial charge in [0.25, 0.3) is 0 Å². The maximum atomic E-state index is 12.4. The van der Waals surface area contributed by atoms with E-state index in [2.05, 4.69) is 34.9 Å². The van der Waals surface area contributed by atoms with Gasteiger partial charge in [-0.2, -0.15) is 0 Å². The third kappa shape index (κ3) is 5.46. The van der Waals surface area contributed by atoms with Crippen molar-refractivity contribution in [2.75, 3.05) is 6.61 Å². The lowest BCUT2D eigenvalue weighted by Crippen LogP contribution is -2.44. The van der Waals surface area contributed by atoms with E-state index in [1.807, 2.05) is 38.1 Å². The normalized spacial score (nSPS) is 14.1. The number of amides is 2. The van der Waals surface area contributed by atoms with E-state index in [4.69, 9.17) is 4.74 Å². The summed E-state index contributed by atoms with van der Waals surface area (Å²) in [6, 6.07) is 14.8. The average molecular weight is 439 g/mol. The lowest BCUT2D eigenvalue weighted by Gasteiger charge is -2.20. The molecule has 2 aromatic carbocycles. The molecule has 0 heterocycles. The van der Waals surface area contributed by atoms with E-state index in [0.29, 0.717) is 19.3 Å². The van der Waals surface area contributed by atoms with Gasteiger partial charge in [-0.1, -0.05) is 68.8 Å². The smallest absolute Gasteiger partial charge is 0.407 e. The molecule has 0 aliphatic heterocycles. The van der Waals surface area contributed by atoms with Crippen LogP contribution in [0.3, 0.4) is 0 Å². The zero-order valence-corrected chi connectivity index (χ0v) is 18.5. The van der Waals surface area contributed by atoms with Crippen LogP contribution in [0.5, 0.6) is 0 Å². The molecule has 3 N–H and O–H groups in total. The van der Waals surface area contributed by atoms with Crippen molar-refractivity contribution in [3.05, 3.63) is 59.7 Å². The number of carboxylic acid groups (broad SMARTS) is 1. The molecule has 0 saturated heterocycles. The number of nitrogens with one attached hydrogen (secondary N) is 2. The number of ether oxygens (including phenoxy) is 1. The second-order valence-corrected chi connectivity index (χ2v) is 8.03. The molecule has 0 fully saturated rings. The maximum absolute atomic E-state index is 12.4. The molecule has 32 heavy (non-hydrogen) atoms. The Hall–Kier alpha value is -3.35. The third-order valence-electron chi connectivity index (χ3n) is 5.80. The van der Waals surface area contributed by atoms with Gasteiger partial charge < -0.3 is 20.5 Å². The van der Waals surface area contributed by atoms with Crippen LogP contribution in [0.4, 0.5) is 4.79 Å². The van der Waals surface area contributed by atoms with Gasteiger partial charge in [-0.05, 0) is 35.1 Å². The topological polar surface area (TPSA) is 105 Å². The Labute approximate surface area is 188 Å². The fourth-order valence-corrected chi connectivity index (χ4v) is 4.13. The largest absolute Gasteiger partial charge is 0.480 e. The quantitative estimate of drug-likeness (QED) is 0.519. The Bertz CT molecular complexity index is 929. The van der Waals surface area contributed by atoms with Gasteiger partial charge in [-0.25, -0.2) is 9.59 Å². The molecule has 7 nitrogen and oxygen atoms in total. The number of alkyl carbamates (subject to hydrolysis) is 1. The summed E-state index contributed by atoms with van der Waals surface area (Å²) < 4.78 is 5.54. The van der Waals surface area contributed by atoms with Gasteiger partial charge in [-0.3, -0.25) is 4.79 Å². The number of carboxylic acids is 1. The fraction of sp³-hybridized carbons (Fsp3) is 0.400. The summed E-state index contributed by atoms with van der Waals surface area (Å²) in [5, 5.41) is 14.5. The van der Waals surface area contributed by atoms with Crippen molar-refractivity contribution in [1.29, 1.82) is 0 Å². The Morgan fingerprint density at radius 3 is 2.09 bits per heavy atom. The molecule has 170 valence electrons. The summed E-state index contributed by atoms with van der Waals surface area (Å²) in [5.74, 6) is -1.50. The molecule has 1 aliphatic rings. The van der Waals surface area contributed by atoms with E-state index in [1.54, 1.807) is 0 Å². The van der Waals surface area contributed by atoms with Crippen LogP contribution in [0.15, 0.2) is 48.5 Å². The molecule has 0 radical (unpaired) electrons. The summed E-state index contributed by atoms with van der Waals surface area (Å²) in [6.45, 7) is 3.90. The van der Waals surface area contributed by atoms with E-state index < -0.39 is 30.1 Å². The van der Waals surface area contributed by atoms with Crippen molar-refractivity contribution in [3.8, 4) is 11.1 Å². The van der Waals surface area contributed by atoms with Crippen LogP contribution in [-0.2, 0) is 14.3 Å². The average Bonchev–Trinajstić information content (AvgIpc) is 3.10. The number of aliphatic carboxylic acids is 1. The van der Waals surface area contributed by atoms with Crippen LogP contribution in [-0.4, -0.2) is 41.8 Å². The van der Waals surface area contributed by atoms with Gasteiger partial charge in [-0.15, -0.1) is 0 Å². The Morgan fingerprint density at radius 1 is 0.969 bits per heavy atom. The van der Waals surface area contributed by atoms with E-state index in [0.717, 1.165) is 22.3 Å². The molecule has 7 heteroatoms. The highest BCUT2D eigenvalue weighted by Gasteiger charge is 2.29. The standard InChI is InChI=1S/C25H30N2O5/c1-3-9-22(24(29)30)27-23(28)14-16(4-2)26-25(31)32-15-21-19-12-7-5-10-17(19)18-11-6-8-13-20(18)21/h5-8,10-13,16,21-22H,3-4,9,14-15H2,1-2H3,(H,26,31)(H,27,28)(H,29,30)/t16-,22+/m0/s1. The Balaban J connectivity index is 1.56. The van der Waals surface area contributed by atoms with Gasteiger partial charge in [0.2, 0.25) is 5.91 Å². The SMILES string of the molecule is CCC[C@@H](NC(=O)C[C@H](CC)NC(=O)OCC1c2ccccc2-c2ccccc21)C(=O)O. The molecule has 0 aromatic heterocycles. The van der Waals surface area contributed by atoms with Crippen LogP contribution >= 0.6 is 0 Å². The Morgan fingerprint density at radius 2 is 1.56 bits per heavy atom. The van der Waals surface area contributed by atoms with Gasteiger partial charge in [0.1, 0.15) is 12.6 Å². The highest BCUT2D eigenvalue weighted by molar-refractivity contribution is 5.84. The molecule has 2 atom stereocenters. The monoisotopic (exact) mass is 438 g/mol. The number of fused-ring (bicyclic) bond motifs is 3. The minimum atomic E-state index is -1.06. The lowest BCUT2D eigenvalue weighted by molar-refractivity contribution is -0.142. The number of hydrogen-bond donors (Lipinski definition) is 3. The van der Waals surface area contributed by atoms with Gasteiger partial charge in [0.05, 0.1) is 0 Å². The van der Waals surface area contributed by atoms with Gasteiger partial charge in [0.15, 0.2) is 0 Å². The molecule has 0 spiro atoms. The lowest BCUT2D eigenvalue weighted by atomic mass is 9.98. The van der Waals surface area contributed by atoms with Crippen molar-refractivity contribution >= 4 is 18.0 Å². The first-order valence-electron chi connectivity index (χ1n) is 11.1. The highest BCUT2D eigenvalue weighted by Crippen LogP contribution is 2.44. The molecule has 0 bridgehead atoms. The zero-order chi connectivity index (χ0) is 23.1. The summed E-state index contributed by atoms with van der Waals surface area (Å²) in [4.78, 5) is 35.9. The molecule has 0 saturated carbocycles. The number of carbonyl (C=O) groups is 3. The predicted molar refractivity (Wildman–Crippen MR) is 121 cm³/mol. The minimum absolute atomic E-state index is 0.00576. The molecule has 0 unspecified atom stereocenters. The first-order valence-corrected chi connectivity index (χ1v) is 11.1.